The Hall–Kier alpha value is -3.57. The van der Waals surface area contributed by atoms with E-state index >= 15 is 0 Å². The van der Waals surface area contributed by atoms with Gasteiger partial charge in [-0.05, 0) is 80.8 Å². The predicted molar refractivity (Wildman–Crippen MR) is 157 cm³/mol. The Morgan fingerprint density at radius 1 is 1.05 bits per heavy atom. The third-order valence-corrected chi connectivity index (χ3v) is 7.86. The van der Waals surface area contributed by atoms with Gasteiger partial charge in [-0.25, -0.2) is 0 Å². The molecule has 1 saturated carbocycles. The van der Waals surface area contributed by atoms with Gasteiger partial charge < -0.3 is 14.6 Å². The van der Waals surface area contributed by atoms with Gasteiger partial charge >= 0.3 is 5.97 Å². The van der Waals surface area contributed by atoms with Crippen LogP contribution in [0.5, 0.6) is 0 Å². The topological polar surface area (TPSA) is 64.4 Å². The number of hydrogen-bond acceptors (Lipinski definition) is 5. The van der Waals surface area contributed by atoms with Crippen molar-refractivity contribution in [2.24, 2.45) is 0 Å². The highest BCUT2D eigenvalue weighted by Gasteiger charge is 2.46. The van der Waals surface area contributed by atoms with Gasteiger partial charge in [0.25, 0.3) is 0 Å². The van der Waals surface area contributed by atoms with Crippen LogP contribution in [-0.4, -0.2) is 23.8 Å². The molecule has 1 N–H and O–H groups in total. The molecule has 0 amide bonds. The van der Waals surface area contributed by atoms with Gasteiger partial charge in [0.15, 0.2) is 5.76 Å². The Balaban J connectivity index is 1.25. The molecule has 1 fully saturated rings. The predicted octanol–water partition coefficient (Wildman–Crippen LogP) is 8.39. The summed E-state index contributed by atoms with van der Waals surface area (Å²) in [5.41, 5.74) is 7.42. The van der Waals surface area contributed by atoms with Crippen LogP contribution in [0.2, 0.25) is 5.02 Å². The van der Waals surface area contributed by atoms with E-state index in [2.05, 4.69) is 72.0 Å². The van der Waals surface area contributed by atoms with E-state index in [1.54, 1.807) is 0 Å². The average Bonchev–Trinajstić information content (AvgIpc) is 3.63. The number of halogens is 1. The van der Waals surface area contributed by atoms with Crippen LogP contribution >= 0.6 is 11.6 Å². The maximum absolute atomic E-state index is 12.1. The van der Waals surface area contributed by atoms with Crippen LogP contribution in [0.15, 0.2) is 77.3 Å². The van der Waals surface area contributed by atoms with Gasteiger partial charge in [-0.3, -0.25) is 4.79 Å². The van der Waals surface area contributed by atoms with Crippen molar-refractivity contribution >= 4 is 23.3 Å². The summed E-state index contributed by atoms with van der Waals surface area (Å²) in [5.74, 6) is 0.639. The molecule has 1 aliphatic carbocycles. The van der Waals surface area contributed by atoms with Gasteiger partial charge in [-0.15, -0.1) is 0 Å². The van der Waals surface area contributed by atoms with Crippen LogP contribution in [0.1, 0.15) is 56.4 Å². The number of ether oxygens (including phenoxy) is 1. The monoisotopic (exact) mass is 542 g/mol. The van der Waals surface area contributed by atoms with Crippen LogP contribution in [0.3, 0.4) is 0 Å². The number of aryl methyl sites for hydroxylation is 2. The zero-order valence-corrected chi connectivity index (χ0v) is 23.6. The number of carbonyl (C=O) groups is 1. The van der Waals surface area contributed by atoms with Crippen LogP contribution in [-0.2, 0) is 21.4 Å². The van der Waals surface area contributed by atoms with E-state index < -0.39 is 0 Å². The molecule has 1 aromatic heterocycles. The molecule has 1 aliphatic rings. The molecule has 1 unspecified atom stereocenters. The smallest absolute Gasteiger partial charge is 0.306 e. The van der Waals surface area contributed by atoms with Gasteiger partial charge in [0.1, 0.15) is 11.4 Å². The highest BCUT2D eigenvalue weighted by atomic mass is 35.5. The molecule has 5 nitrogen and oxygen atoms in total. The largest absolute Gasteiger partial charge is 0.466 e. The summed E-state index contributed by atoms with van der Waals surface area (Å²) in [6.45, 7) is 6.41. The van der Waals surface area contributed by atoms with E-state index in [9.17, 15) is 4.79 Å². The number of anilines is 1. The maximum Gasteiger partial charge on any atom is 0.306 e. The zero-order valence-electron chi connectivity index (χ0n) is 22.8. The highest BCUT2D eigenvalue weighted by Crippen LogP contribution is 2.51. The Labute approximate surface area is 235 Å². The minimum absolute atomic E-state index is 0.0481. The lowest BCUT2D eigenvalue weighted by atomic mass is 9.91. The van der Waals surface area contributed by atoms with Gasteiger partial charge in [-0.2, -0.15) is 0 Å². The molecule has 0 saturated heterocycles. The van der Waals surface area contributed by atoms with E-state index in [1.807, 2.05) is 32.0 Å². The quantitative estimate of drug-likeness (QED) is 0.193. The molecule has 3 aromatic carbocycles. The van der Waals surface area contributed by atoms with E-state index in [0.29, 0.717) is 13.0 Å². The molecule has 1 heterocycles. The minimum Gasteiger partial charge on any atom is -0.466 e. The second kappa shape index (κ2) is 11.7. The number of benzene rings is 3. The van der Waals surface area contributed by atoms with Gasteiger partial charge in [0.2, 0.25) is 0 Å². The molecular formula is C33H35ClN2O3. The number of rotatable bonds is 11. The van der Waals surface area contributed by atoms with E-state index in [0.717, 1.165) is 64.5 Å². The van der Waals surface area contributed by atoms with Crippen LogP contribution in [0.4, 0.5) is 5.69 Å². The van der Waals surface area contributed by atoms with Crippen molar-refractivity contribution in [3.63, 3.8) is 0 Å². The first kappa shape index (κ1) is 27.0. The molecule has 0 radical (unpaired) electrons. The Bertz CT molecular complexity index is 1420. The van der Waals surface area contributed by atoms with Crippen molar-refractivity contribution in [2.45, 2.75) is 64.3 Å². The molecule has 0 spiro atoms. The molecule has 6 heteroatoms. The zero-order chi connectivity index (χ0) is 27.4. The summed E-state index contributed by atoms with van der Waals surface area (Å²) in [7, 11) is 0. The third kappa shape index (κ3) is 6.36. The number of aromatic nitrogens is 1. The normalized spacial score (nSPS) is 14.6. The van der Waals surface area contributed by atoms with E-state index in [-0.39, 0.29) is 17.4 Å². The van der Waals surface area contributed by atoms with Crippen LogP contribution < -0.4 is 5.32 Å². The molecule has 202 valence electrons. The van der Waals surface area contributed by atoms with Crippen molar-refractivity contribution in [2.75, 3.05) is 11.9 Å². The van der Waals surface area contributed by atoms with Gasteiger partial charge in [-0.1, -0.05) is 77.4 Å². The lowest BCUT2D eigenvalue weighted by Gasteiger charge is -2.16. The molecule has 0 bridgehead atoms. The highest BCUT2D eigenvalue weighted by molar-refractivity contribution is 6.30. The number of nitrogens with zero attached hydrogens (tertiary/aromatic N) is 1. The first-order chi connectivity index (χ1) is 18.9. The van der Waals surface area contributed by atoms with Crippen molar-refractivity contribution < 1.29 is 14.1 Å². The summed E-state index contributed by atoms with van der Waals surface area (Å²) < 4.78 is 10.9. The van der Waals surface area contributed by atoms with Crippen molar-refractivity contribution in [1.82, 2.24) is 5.16 Å². The van der Waals surface area contributed by atoms with Crippen molar-refractivity contribution in [3.05, 3.63) is 94.6 Å². The second-order valence-electron chi connectivity index (χ2n) is 10.6. The van der Waals surface area contributed by atoms with Crippen LogP contribution in [0.25, 0.3) is 22.5 Å². The third-order valence-electron chi connectivity index (χ3n) is 7.63. The first-order valence-electron chi connectivity index (χ1n) is 13.7. The number of nitrogens with one attached hydrogen (secondary N) is 1. The first-order valence-corrected chi connectivity index (χ1v) is 14.1. The van der Waals surface area contributed by atoms with Gasteiger partial charge in [0.05, 0.1) is 13.0 Å². The fourth-order valence-corrected chi connectivity index (χ4v) is 5.38. The average molecular weight is 543 g/mol. The van der Waals surface area contributed by atoms with Crippen LogP contribution in [0, 0.1) is 6.92 Å². The molecule has 5 rings (SSSR count). The van der Waals surface area contributed by atoms with E-state index in [1.165, 1.54) is 11.1 Å². The number of hydrogen-bond donors (Lipinski definition) is 1. The summed E-state index contributed by atoms with van der Waals surface area (Å²) in [4.78, 5) is 12.1. The summed E-state index contributed by atoms with van der Waals surface area (Å²) in [6, 6.07) is 25.2. The number of carbonyl (C=O) groups excluding carboxylic acids is 1. The summed E-state index contributed by atoms with van der Waals surface area (Å²) in [6.07, 6.45) is 4.42. The van der Waals surface area contributed by atoms with E-state index in [4.69, 9.17) is 20.9 Å². The summed E-state index contributed by atoms with van der Waals surface area (Å²) >= 11 is 6.14. The Morgan fingerprint density at radius 2 is 1.72 bits per heavy atom. The fraction of sp³-hybridized carbons (Fsp3) is 0.333. The Kier molecular flexibility index (Phi) is 8.08. The minimum atomic E-state index is -0.110. The standard InChI is InChI=1S/C33H35ClN2O3/c1-4-38-30(37)21-33(18-19-33)28-16-14-26(15-17-28)25-10-12-27(13-11-25)32-31(23(3)36-39-32)35-22(2)8-9-24-6-5-7-29(34)20-24/h5-7,10-17,20,22,35H,4,8-9,18-19,21H2,1-3H3. The fourth-order valence-electron chi connectivity index (χ4n) is 5.17. The van der Waals surface area contributed by atoms with Crippen molar-refractivity contribution in [3.8, 4) is 22.5 Å². The molecule has 1 atom stereocenters. The summed E-state index contributed by atoms with van der Waals surface area (Å²) in [5, 5.41) is 8.62. The van der Waals surface area contributed by atoms with Crippen molar-refractivity contribution in [1.29, 1.82) is 0 Å². The molecule has 4 aromatic rings. The Morgan fingerprint density at radius 3 is 2.36 bits per heavy atom. The lowest BCUT2D eigenvalue weighted by Crippen LogP contribution is -2.16. The molecule has 39 heavy (non-hydrogen) atoms. The molecule has 0 aliphatic heterocycles. The lowest BCUT2D eigenvalue weighted by molar-refractivity contribution is -0.143. The maximum atomic E-state index is 12.1. The SMILES string of the molecule is CCOC(=O)CC1(c2ccc(-c3ccc(-c4onc(C)c4NC(C)CCc4cccc(Cl)c4)cc3)cc2)CC1. The second-order valence-corrected chi connectivity index (χ2v) is 11.0. The number of esters is 1. The molecular weight excluding hydrogens is 508 g/mol. The van der Waals surface area contributed by atoms with Gasteiger partial charge in [0, 0.05) is 22.0 Å².